The molecule has 0 aromatic heterocycles. The number of nitrogens with two attached hydrogens (primary N) is 1. The van der Waals surface area contributed by atoms with E-state index in [9.17, 15) is 4.79 Å². The SMILES string of the molecule is Cc1cc(OC(C)C)ccc1C(C)(C)C(N)=O. The fourth-order valence-corrected chi connectivity index (χ4v) is 1.82. The first-order chi connectivity index (χ1) is 7.75. The third-order valence-corrected chi connectivity index (χ3v) is 2.86. The molecule has 0 bridgehead atoms. The van der Waals surface area contributed by atoms with Gasteiger partial charge in [0, 0.05) is 0 Å². The maximum Gasteiger partial charge on any atom is 0.227 e. The lowest BCUT2D eigenvalue weighted by atomic mass is 9.81. The van der Waals surface area contributed by atoms with E-state index in [1.165, 1.54) is 0 Å². The van der Waals surface area contributed by atoms with Crippen molar-refractivity contribution in [2.75, 3.05) is 0 Å². The van der Waals surface area contributed by atoms with Gasteiger partial charge in [-0.2, -0.15) is 0 Å². The number of aryl methyl sites for hydroxylation is 1. The quantitative estimate of drug-likeness (QED) is 0.872. The van der Waals surface area contributed by atoms with Gasteiger partial charge in [0.05, 0.1) is 11.5 Å². The molecule has 1 aromatic carbocycles. The Morgan fingerprint density at radius 1 is 1.35 bits per heavy atom. The van der Waals surface area contributed by atoms with Crippen LogP contribution >= 0.6 is 0 Å². The molecule has 0 atom stereocenters. The van der Waals surface area contributed by atoms with E-state index in [-0.39, 0.29) is 12.0 Å². The van der Waals surface area contributed by atoms with Crippen LogP contribution in [0, 0.1) is 6.92 Å². The summed E-state index contributed by atoms with van der Waals surface area (Å²) in [5.41, 5.74) is 6.73. The summed E-state index contributed by atoms with van der Waals surface area (Å²) in [7, 11) is 0. The predicted octanol–water partition coefficient (Wildman–Crippen LogP) is 2.55. The Kier molecular flexibility index (Phi) is 3.81. The molecule has 0 aliphatic carbocycles. The Morgan fingerprint density at radius 3 is 2.35 bits per heavy atom. The number of amides is 1. The maximum absolute atomic E-state index is 11.4. The lowest BCUT2D eigenvalue weighted by Gasteiger charge is -2.24. The van der Waals surface area contributed by atoms with Crippen LogP contribution in [-0.4, -0.2) is 12.0 Å². The Bertz CT molecular complexity index is 422. The number of ether oxygens (including phenoxy) is 1. The van der Waals surface area contributed by atoms with Crippen molar-refractivity contribution in [3.63, 3.8) is 0 Å². The molecule has 0 heterocycles. The van der Waals surface area contributed by atoms with Crippen LogP contribution in [0.15, 0.2) is 18.2 Å². The van der Waals surface area contributed by atoms with E-state index < -0.39 is 5.41 Å². The summed E-state index contributed by atoms with van der Waals surface area (Å²) in [6, 6.07) is 5.74. The molecule has 1 aromatic rings. The van der Waals surface area contributed by atoms with Crippen molar-refractivity contribution in [3.8, 4) is 5.75 Å². The van der Waals surface area contributed by atoms with E-state index >= 15 is 0 Å². The molecule has 3 heteroatoms. The first-order valence-electron chi connectivity index (χ1n) is 5.83. The number of benzene rings is 1. The van der Waals surface area contributed by atoms with Gasteiger partial charge in [0.2, 0.25) is 5.91 Å². The summed E-state index contributed by atoms with van der Waals surface area (Å²) in [6.45, 7) is 9.60. The molecular weight excluding hydrogens is 214 g/mol. The summed E-state index contributed by atoms with van der Waals surface area (Å²) in [4.78, 5) is 11.4. The van der Waals surface area contributed by atoms with Crippen molar-refractivity contribution < 1.29 is 9.53 Å². The second-order valence-electron chi connectivity index (χ2n) is 5.13. The second kappa shape index (κ2) is 4.78. The van der Waals surface area contributed by atoms with Crippen LogP contribution < -0.4 is 10.5 Å². The Morgan fingerprint density at radius 2 is 1.94 bits per heavy atom. The van der Waals surface area contributed by atoms with Gasteiger partial charge in [0.15, 0.2) is 0 Å². The predicted molar refractivity (Wildman–Crippen MR) is 69.2 cm³/mol. The molecule has 0 saturated heterocycles. The molecule has 1 amide bonds. The van der Waals surface area contributed by atoms with Crippen molar-refractivity contribution >= 4 is 5.91 Å². The van der Waals surface area contributed by atoms with E-state index in [1.54, 1.807) is 0 Å². The monoisotopic (exact) mass is 235 g/mol. The number of carbonyl (C=O) groups excluding carboxylic acids is 1. The minimum atomic E-state index is -0.652. The molecule has 1 rings (SSSR count). The van der Waals surface area contributed by atoms with Crippen molar-refractivity contribution in [3.05, 3.63) is 29.3 Å². The Labute approximate surface area is 103 Å². The van der Waals surface area contributed by atoms with Crippen molar-refractivity contribution in [1.82, 2.24) is 0 Å². The normalized spacial score (nSPS) is 11.6. The fraction of sp³-hybridized carbons (Fsp3) is 0.500. The lowest BCUT2D eigenvalue weighted by Crippen LogP contribution is -2.36. The van der Waals surface area contributed by atoms with E-state index in [1.807, 2.05) is 52.8 Å². The second-order valence-corrected chi connectivity index (χ2v) is 5.13. The third kappa shape index (κ3) is 2.99. The van der Waals surface area contributed by atoms with Gasteiger partial charge < -0.3 is 10.5 Å². The van der Waals surface area contributed by atoms with Crippen LogP contribution in [0.25, 0.3) is 0 Å². The van der Waals surface area contributed by atoms with Gasteiger partial charge in [-0.3, -0.25) is 4.79 Å². The molecule has 17 heavy (non-hydrogen) atoms. The van der Waals surface area contributed by atoms with Gasteiger partial charge in [0.1, 0.15) is 5.75 Å². The van der Waals surface area contributed by atoms with Crippen molar-refractivity contribution in [2.45, 2.75) is 46.1 Å². The molecule has 0 saturated carbocycles. The van der Waals surface area contributed by atoms with E-state index in [0.29, 0.717) is 0 Å². The molecule has 3 nitrogen and oxygen atoms in total. The highest BCUT2D eigenvalue weighted by molar-refractivity contribution is 5.86. The zero-order valence-electron chi connectivity index (χ0n) is 11.2. The zero-order valence-corrected chi connectivity index (χ0v) is 11.2. The van der Waals surface area contributed by atoms with Crippen molar-refractivity contribution in [1.29, 1.82) is 0 Å². The van der Waals surface area contributed by atoms with E-state index in [4.69, 9.17) is 10.5 Å². The smallest absolute Gasteiger partial charge is 0.227 e. The summed E-state index contributed by atoms with van der Waals surface area (Å²) >= 11 is 0. The molecule has 0 aliphatic rings. The van der Waals surface area contributed by atoms with Gasteiger partial charge >= 0.3 is 0 Å². The van der Waals surface area contributed by atoms with Crippen LogP contribution in [0.2, 0.25) is 0 Å². The van der Waals surface area contributed by atoms with Crippen LogP contribution in [0.4, 0.5) is 0 Å². The van der Waals surface area contributed by atoms with Gasteiger partial charge in [-0.15, -0.1) is 0 Å². The number of hydrogen-bond donors (Lipinski definition) is 1. The molecular formula is C14H21NO2. The van der Waals surface area contributed by atoms with Crippen LogP contribution in [0.3, 0.4) is 0 Å². The first-order valence-corrected chi connectivity index (χ1v) is 5.83. The molecule has 0 fully saturated rings. The topological polar surface area (TPSA) is 52.3 Å². The summed E-state index contributed by atoms with van der Waals surface area (Å²) in [5, 5.41) is 0. The highest BCUT2D eigenvalue weighted by Crippen LogP contribution is 2.28. The standard InChI is InChI=1S/C14H21NO2/c1-9(2)17-11-6-7-12(10(3)8-11)14(4,5)13(15)16/h6-9H,1-5H3,(H2,15,16). The van der Waals surface area contributed by atoms with Gasteiger partial charge in [-0.25, -0.2) is 0 Å². The minimum absolute atomic E-state index is 0.143. The molecule has 0 aliphatic heterocycles. The van der Waals surface area contributed by atoms with E-state index in [2.05, 4.69) is 0 Å². The van der Waals surface area contributed by atoms with Crippen LogP contribution in [0.5, 0.6) is 5.75 Å². The molecule has 2 N–H and O–H groups in total. The van der Waals surface area contributed by atoms with Gasteiger partial charge in [-0.05, 0) is 57.9 Å². The highest BCUT2D eigenvalue weighted by atomic mass is 16.5. The average molecular weight is 235 g/mol. The summed E-state index contributed by atoms with van der Waals surface area (Å²) < 4.78 is 5.61. The number of rotatable bonds is 4. The number of primary amides is 1. The van der Waals surface area contributed by atoms with Crippen molar-refractivity contribution in [2.24, 2.45) is 5.73 Å². The third-order valence-electron chi connectivity index (χ3n) is 2.86. The molecule has 0 spiro atoms. The zero-order chi connectivity index (χ0) is 13.2. The highest BCUT2D eigenvalue weighted by Gasteiger charge is 2.28. The average Bonchev–Trinajstić information content (AvgIpc) is 2.15. The fourth-order valence-electron chi connectivity index (χ4n) is 1.82. The summed E-state index contributed by atoms with van der Waals surface area (Å²) in [6.07, 6.45) is 0.143. The largest absolute Gasteiger partial charge is 0.491 e. The van der Waals surface area contributed by atoms with Gasteiger partial charge in [0.25, 0.3) is 0 Å². The van der Waals surface area contributed by atoms with Gasteiger partial charge in [-0.1, -0.05) is 6.07 Å². The molecule has 0 unspecified atom stereocenters. The Balaban J connectivity index is 3.10. The number of hydrogen-bond acceptors (Lipinski definition) is 2. The number of carbonyl (C=O) groups is 1. The molecule has 0 radical (unpaired) electrons. The maximum atomic E-state index is 11.4. The minimum Gasteiger partial charge on any atom is -0.491 e. The van der Waals surface area contributed by atoms with Crippen LogP contribution in [0.1, 0.15) is 38.8 Å². The van der Waals surface area contributed by atoms with Crippen LogP contribution in [-0.2, 0) is 10.2 Å². The molecule has 94 valence electrons. The lowest BCUT2D eigenvalue weighted by molar-refractivity contribution is -0.122. The first kappa shape index (κ1) is 13.6. The summed E-state index contributed by atoms with van der Waals surface area (Å²) in [5.74, 6) is 0.500. The van der Waals surface area contributed by atoms with E-state index in [0.717, 1.165) is 16.9 Å². The Hall–Kier alpha value is -1.51.